The number of hydrogen-bond acceptors (Lipinski definition) is 9. The van der Waals surface area contributed by atoms with Crippen LogP contribution in [0.3, 0.4) is 0 Å². The molecule has 0 bridgehead atoms. The van der Waals surface area contributed by atoms with Crippen LogP contribution >= 0.6 is 22.9 Å². The molecular weight excluding hydrogens is 509 g/mol. The van der Waals surface area contributed by atoms with Crippen molar-refractivity contribution in [2.75, 3.05) is 5.32 Å². The number of anilines is 1. The van der Waals surface area contributed by atoms with Gasteiger partial charge in [-0.15, -0.1) is 11.3 Å². The van der Waals surface area contributed by atoms with Crippen molar-refractivity contribution in [2.45, 2.75) is 19.1 Å². The number of amides is 2. The Bertz CT molecular complexity index is 1310. The Morgan fingerprint density at radius 3 is 2.51 bits per heavy atom. The van der Waals surface area contributed by atoms with E-state index in [1.165, 1.54) is 18.5 Å². The molecule has 182 valence electrons. The number of nitrogens with two attached hydrogens (primary N) is 1. The quantitative estimate of drug-likeness (QED) is 0.343. The first kappa shape index (κ1) is 25.7. The van der Waals surface area contributed by atoms with E-state index in [0.717, 1.165) is 30.1 Å². The van der Waals surface area contributed by atoms with E-state index < -0.39 is 34.6 Å². The molecule has 0 aliphatic rings. The third-order valence-electron chi connectivity index (χ3n) is 4.40. The van der Waals surface area contributed by atoms with E-state index in [0.29, 0.717) is 16.6 Å². The highest BCUT2D eigenvalue weighted by atomic mass is 35.5. The maximum absolute atomic E-state index is 13.0. The van der Waals surface area contributed by atoms with Crippen LogP contribution < -0.4 is 16.4 Å². The van der Waals surface area contributed by atoms with Crippen molar-refractivity contribution < 1.29 is 22.8 Å². The molecule has 3 heterocycles. The molecule has 35 heavy (non-hydrogen) atoms. The number of halogens is 4. The van der Waals surface area contributed by atoms with Crippen LogP contribution in [0.2, 0.25) is 5.02 Å². The summed E-state index contributed by atoms with van der Waals surface area (Å²) in [5.41, 5.74) is 4.90. The number of rotatable bonds is 7. The Hall–Kier alpha value is -3.91. The molecule has 0 fully saturated rings. The van der Waals surface area contributed by atoms with Crippen LogP contribution in [-0.4, -0.2) is 38.0 Å². The summed E-state index contributed by atoms with van der Waals surface area (Å²) >= 11 is 6.47. The molecule has 0 aliphatic carbocycles. The van der Waals surface area contributed by atoms with Crippen LogP contribution in [0.5, 0.6) is 0 Å². The van der Waals surface area contributed by atoms with Crippen molar-refractivity contribution in [2.24, 2.45) is 5.73 Å². The summed E-state index contributed by atoms with van der Waals surface area (Å²) < 4.78 is 39.0. The molecule has 1 atom stereocenters. The Balaban J connectivity index is 1.69. The molecule has 0 aromatic carbocycles. The zero-order chi connectivity index (χ0) is 25.8. The van der Waals surface area contributed by atoms with Crippen molar-refractivity contribution in [3.63, 3.8) is 0 Å². The van der Waals surface area contributed by atoms with Gasteiger partial charge in [-0.05, 0) is 19.1 Å². The van der Waals surface area contributed by atoms with Gasteiger partial charge in [0.25, 0.3) is 11.8 Å². The van der Waals surface area contributed by atoms with Crippen molar-refractivity contribution in [3.8, 4) is 0 Å². The number of nitrogens with one attached hydrogen (secondary N) is 3. The summed E-state index contributed by atoms with van der Waals surface area (Å²) in [6.07, 6.45) is 0.621. The highest BCUT2D eigenvalue weighted by Gasteiger charge is 2.34. The lowest BCUT2D eigenvalue weighted by molar-refractivity contribution is -0.137. The third-order valence-corrected chi connectivity index (χ3v) is 5.88. The topological polar surface area (TPSA) is 160 Å². The van der Waals surface area contributed by atoms with Gasteiger partial charge in [0, 0.05) is 24.2 Å². The largest absolute Gasteiger partial charge is 0.418 e. The zero-order valence-corrected chi connectivity index (χ0v) is 19.3. The Morgan fingerprint density at radius 1 is 1.14 bits per heavy atom. The van der Waals surface area contributed by atoms with E-state index in [4.69, 9.17) is 22.7 Å². The minimum absolute atomic E-state index is 0.0202. The minimum Gasteiger partial charge on any atom is -0.404 e. The first-order chi connectivity index (χ1) is 16.5. The van der Waals surface area contributed by atoms with Crippen molar-refractivity contribution in [1.29, 1.82) is 5.41 Å². The number of nitrogens with zero attached hydrogens (tertiary/aromatic N) is 4. The SMILES string of the molecule is CC(NC(=O)c1cc(/C(C=N)=C/N)ncn1)c1ncc(C(=O)Nc2cc(C(F)(F)F)c(Cl)cn2)s1. The number of carbonyl (C=O) groups is 2. The average molecular weight is 525 g/mol. The van der Waals surface area contributed by atoms with Gasteiger partial charge in [0.2, 0.25) is 0 Å². The molecule has 3 rings (SSSR count). The predicted molar refractivity (Wildman–Crippen MR) is 123 cm³/mol. The summed E-state index contributed by atoms with van der Waals surface area (Å²) in [5.74, 6) is -1.63. The summed E-state index contributed by atoms with van der Waals surface area (Å²) in [7, 11) is 0. The first-order valence-electron chi connectivity index (χ1n) is 9.59. The lowest BCUT2D eigenvalue weighted by atomic mass is 10.2. The predicted octanol–water partition coefficient (Wildman–Crippen LogP) is 3.69. The lowest BCUT2D eigenvalue weighted by Crippen LogP contribution is -2.27. The molecule has 0 aliphatic heterocycles. The molecule has 0 saturated carbocycles. The fraction of sp³-hybridized carbons (Fsp3) is 0.150. The normalized spacial score (nSPS) is 12.7. The van der Waals surface area contributed by atoms with Gasteiger partial charge in [-0.3, -0.25) is 9.59 Å². The van der Waals surface area contributed by atoms with Gasteiger partial charge in [-0.1, -0.05) is 11.6 Å². The van der Waals surface area contributed by atoms with Gasteiger partial charge in [-0.2, -0.15) is 13.2 Å². The molecule has 0 saturated heterocycles. The highest BCUT2D eigenvalue weighted by molar-refractivity contribution is 7.13. The average Bonchev–Trinajstić information content (AvgIpc) is 3.31. The molecule has 1 unspecified atom stereocenters. The highest BCUT2D eigenvalue weighted by Crippen LogP contribution is 2.35. The van der Waals surface area contributed by atoms with Gasteiger partial charge in [0.15, 0.2) is 0 Å². The van der Waals surface area contributed by atoms with Gasteiger partial charge in [-0.25, -0.2) is 19.9 Å². The van der Waals surface area contributed by atoms with Crippen LogP contribution in [0.1, 0.15) is 49.4 Å². The summed E-state index contributed by atoms with van der Waals surface area (Å²) in [6.45, 7) is 1.62. The summed E-state index contributed by atoms with van der Waals surface area (Å²) in [5, 5.41) is 12.0. The number of allylic oxidation sites excluding steroid dienone is 1. The molecule has 0 spiro atoms. The minimum atomic E-state index is -4.71. The van der Waals surface area contributed by atoms with Crippen molar-refractivity contribution in [3.05, 3.63) is 68.9 Å². The second-order valence-electron chi connectivity index (χ2n) is 6.81. The second kappa shape index (κ2) is 10.6. The van der Waals surface area contributed by atoms with E-state index in [2.05, 4.69) is 30.6 Å². The molecule has 5 N–H and O–H groups in total. The van der Waals surface area contributed by atoms with E-state index in [-0.39, 0.29) is 22.1 Å². The van der Waals surface area contributed by atoms with Crippen LogP contribution in [0.25, 0.3) is 5.57 Å². The van der Waals surface area contributed by atoms with E-state index in [1.54, 1.807) is 6.92 Å². The molecular formula is C20H16ClF3N8O2S. The van der Waals surface area contributed by atoms with Gasteiger partial charge >= 0.3 is 6.18 Å². The first-order valence-corrected chi connectivity index (χ1v) is 10.8. The van der Waals surface area contributed by atoms with E-state index in [1.807, 2.05) is 0 Å². The summed E-state index contributed by atoms with van der Waals surface area (Å²) in [6, 6.07) is 1.36. The molecule has 3 aromatic heterocycles. The van der Waals surface area contributed by atoms with E-state index >= 15 is 0 Å². The monoisotopic (exact) mass is 524 g/mol. The number of hydrogen-bond donors (Lipinski definition) is 4. The molecule has 2 amide bonds. The number of aromatic nitrogens is 4. The number of pyridine rings is 1. The maximum Gasteiger partial charge on any atom is 0.418 e. The maximum atomic E-state index is 13.0. The van der Waals surface area contributed by atoms with Crippen LogP contribution in [-0.2, 0) is 6.18 Å². The van der Waals surface area contributed by atoms with E-state index in [9.17, 15) is 22.8 Å². The number of carbonyl (C=O) groups excluding carboxylic acids is 2. The number of thiazole rings is 1. The molecule has 10 nitrogen and oxygen atoms in total. The fourth-order valence-electron chi connectivity index (χ4n) is 2.67. The van der Waals surface area contributed by atoms with Crippen LogP contribution in [0.15, 0.2) is 37.1 Å². The number of alkyl halides is 3. The van der Waals surface area contributed by atoms with Crippen LogP contribution in [0.4, 0.5) is 19.0 Å². The molecule has 3 aromatic rings. The van der Waals surface area contributed by atoms with Gasteiger partial charge < -0.3 is 21.8 Å². The smallest absolute Gasteiger partial charge is 0.404 e. The lowest BCUT2D eigenvalue weighted by Gasteiger charge is -2.11. The Morgan fingerprint density at radius 2 is 1.86 bits per heavy atom. The Labute approximate surface area is 205 Å². The Kier molecular flexibility index (Phi) is 7.76. The molecule has 15 heteroatoms. The van der Waals surface area contributed by atoms with Crippen LogP contribution in [0, 0.1) is 5.41 Å². The summed E-state index contributed by atoms with van der Waals surface area (Å²) in [4.78, 5) is 40.8. The third kappa shape index (κ3) is 6.16. The zero-order valence-electron chi connectivity index (χ0n) is 17.7. The van der Waals surface area contributed by atoms with Crippen molar-refractivity contribution in [1.82, 2.24) is 25.3 Å². The second-order valence-corrected chi connectivity index (χ2v) is 8.28. The standard InChI is InChI=1S/C20H16ClF3N8O2S/c1-9(31-17(33)14-3-13(29-8-30-14)10(4-25)5-26)19-28-7-15(35-19)18(34)32-16-2-11(20(22,23)24)12(21)6-27-16/h2-9,25H,26H2,1H3,(H,31,33)(H,27,32,34)/b10-5+,25-4?. The van der Waals surface area contributed by atoms with Crippen molar-refractivity contribution >= 4 is 52.4 Å². The van der Waals surface area contributed by atoms with Gasteiger partial charge in [0.05, 0.1) is 28.5 Å². The fourth-order valence-corrected chi connectivity index (χ4v) is 3.70. The molecule has 0 radical (unpaired) electrons. The van der Waals surface area contributed by atoms with Gasteiger partial charge in [0.1, 0.15) is 27.7 Å².